The third kappa shape index (κ3) is 2.46. The quantitative estimate of drug-likeness (QED) is 0.682. The van der Waals surface area contributed by atoms with Crippen molar-refractivity contribution in [3.05, 3.63) is 30.1 Å². The maximum atomic E-state index is 13.0. The highest BCUT2D eigenvalue weighted by Gasteiger charge is 2.27. The van der Waals surface area contributed by atoms with Crippen molar-refractivity contribution >= 4 is 5.69 Å². The summed E-state index contributed by atoms with van der Waals surface area (Å²) in [5.41, 5.74) is 5.40. The van der Waals surface area contributed by atoms with Crippen molar-refractivity contribution in [3.8, 4) is 0 Å². The number of hydrogen-bond acceptors (Lipinski definition) is 3. The first-order chi connectivity index (χ1) is 7.07. The first-order valence-corrected chi connectivity index (χ1v) is 5.09. The number of piperidine rings is 1. The van der Waals surface area contributed by atoms with Gasteiger partial charge in [0.1, 0.15) is 11.5 Å². The summed E-state index contributed by atoms with van der Waals surface area (Å²) in [7, 11) is 0. The van der Waals surface area contributed by atoms with Crippen LogP contribution in [0.1, 0.15) is 12.8 Å². The van der Waals surface area contributed by atoms with Crippen LogP contribution in [0.2, 0.25) is 0 Å². The van der Waals surface area contributed by atoms with Crippen molar-refractivity contribution in [1.82, 2.24) is 0 Å². The second kappa shape index (κ2) is 3.79. The summed E-state index contributed by atoms with van der Waals surface area (Å²) in [5.74, 6) is -0.235. The van der Waals surface area contributed by atoms with Crippen LogP contribution in [-0.4, -0.2) is 23.9 Å². The molecular weight excluding hydrogens is 195 g/mol. The van der Waals surface area contributed by atoms with Crippen LogP contribution in [0, 0.1) is 5.82 Å². The van der Waals surface area contributed by atoms with Crippen molar-refractivity contribution in [3.63, 3.8) is 0 Å². The van der Waals surface area contributed by atoms with Crippen molar-refractivity contribution in [2.45, 2.75) is 18.6 Å². The number of aliphatic hydroxyl groups is 1. The Hall–Kier alpha value is -1.13. The summed E-state index contributed by atoms with van der Waals surface area (Å²) in [6.07, 6.45) is 1.03. The van der Waals surface area contributed by atoms with Gasteiger partial charge in [-0.1, -0.05) is 6.07 Å². The van der Waals surface area contributed by atoms with Crippen LogP contribution in [0.15, 0.2) is 24.3 Å². The van der Waals surface area contributed by atoms with Gasteiger partial charge in [-0.2, -0.15) is 0 Å². The normalized spacial score (nSPS) is 20.3. The summed E-state index contributed by atoms with van der Waals surface area (Å²) in [6, 6.07) is 6.48. The molecular formula is C11H15FN2O. The topological polar surface area (TPSA) is 49.5 Å². The number of nitrogens with two attached hydrogens (primary N) is 1. The van der Waals surface area contributed by atoms with Gasteiger partial charge in [0, 0.05) is 31.6 Å². The third-order valence-electron chi connectivity index (χ3n) is 2.80. The summed E-state index contributed by atoms with van der Waals surface area (Å²) < 4.78 is 13.0. The summed E-state index contributed by atoms with van der Waals surface area (Å²) >= 11 is 0. The van der Waals surface area contributed by atoms with Crippen LogP contribution in [0.3, 0.4) is 0 Å². The fourth-order valence-corrected chi connectivity index (χ4v) is 1.82. The fraction of sp³-hybridized carbons (Fsp3) is 0.455. The van der Waals surface area contributed by atoms with Crippen LogP contribution in [0.5, 0.6) is 0 Å². The predicted octanol–water partition coefficient (Wildman–Crippen LogP) is 1.07. The molecule has 1 saturated heterocycles. The Morgan fingerprint density at radius 1 is 1.33 bits per heavy atom. The Morgan fingerprint density at radius 2 is 2.00 bits per heavy atom. The van der Waals surface area contributed by atoms with E-state index in [1.54, 1.807) is 6.07 Å². The SMILES string of the molecule is NC1(O)CCN(c2cccc(F)c2)CC1. The van der Waals surface area contributed by atoms with E-state index in [2.05, 4.69) is 0 Å². The Kier molecular flexibility index (Phi) is 2.63. The van der Waals surface area contributed by atoms with E-state index in [1.807, 2.05) is 11.0 Å². The van der Waals surface area contributed by atoms with Gasteiger partial charge in [-0.15, -0.1) is 0 Å². The van der Waals surface area contributed by atoms with Crippen molar-refractivity contribution in [1.29, 1.82) is 0 Å². The average molecular weight is 210 g/mol. The molecule has 0 bridgehead atoms. The maximum absolute atomic E-state index is 13.0. The van der Waals surface area contributed by atoms with Gasteiger partial charge in [-0.05, 0) is 18.2 Å². The van der Waals surface area contributed by atoms with Gasteiger partial charge >= 0.3 is 0 Å². The zero-order chi connectivity index (χ0) is 10.9. The van der Waals surface area contributed by atoms with Gasteiger partial charge in [0.05, 0.1) is 0 Å². The number of anilines is 1. The Balaban J connectivity index is 2.08. The fourth-order valence-electron chi connectivity index (χ4n) is 1.82. The molecule has 0 aliphatic carbocycles. The molecule has 0 atom stereocenters. The minimum Gasteiger partial charge on any atom is -0.376 e. The van der Waals surface area contributed by atoms with E-state index in [0.717, 1.165) is 5.69 Å². The zero-order valence-electron chi connectivity index (χ0n) is 8.49. The summed E-state index contributed by atoms with van der Waals surface area (Å²) in [6.45, 7) is 1.33. The maximum Gasteiger partial charge on any atom is 0.125 e. The smallest absolute Gasteiger partial charge is 0.125 e. The summed E-state index contributed by atoms with van der Waals surface area (Å²) in [5, 5.41) is 9.57. The molecule has 4 heteroatoms. The van der Waals surface area contributed by atoms with E-state index in [9.17, 15) is 9.50 Å². The number of hydrogen-bond donors (Lipinski definition) is 2. The minimum absolute atomic E-state index is 0.235. The Labute approximate surface area is 88.3 Å². The molecule has 3 N–H and O–H groups in total. The number of halogens is 1. The molecule has 0 saturated carbocycles. The predicted molar refractivity (Wildman–Crippen MR) is 57.0 cm³/mol. The molecule has 1 heterocycles. The third-order valence-corrected chi connectivity index (χ3v) is 2.80. The average Bonchev–Trinajstić information content (AvgIpc) is 2.17. The molecule has 1 aliphatic heterocycles. The molecule has 0 unspecified atom stereocenters. The Morgan fingerprint density at radius 3 is 2.60 bits per heavy atom. The summed E-state index contributed by atoms with van der Waals surface area (Å²) in [4.78, 5) is 2.03. The van der Waals surface area contributed by atoms with E-state index in [1.165, 1.54) is 12.1 Å². The highest BCUT2D eigenvalue weighted by atomic mass is 19.1. The first-order valence-electron chi connectivity index (χ1n) is 5.09. The van der Waals surface area contributed by atoms with Gasteiger partial charge < -0.3 is 15.7 Å². The van der Waals surface area contributed by atoms with Gasteiger partial charge in [-0.25, -0.2) is 4.39 Å². The van der Waals surface area contributed by atoms with Gasteiger partial charge in [0.15, 0.2) is 0 Å². The lowest BCUT2D eigenvalue weighted by molar-refractivity contribution is 0.0226. The van der Waals surface area contributed by atoms with E-state index in [-0.39, 0.29) is 5.82 Å². The lowest BCUT2D eigenvalue weighted by Gasteiger charge is -2.36. The molecule has 0 spiro atoms. The molecule has 1 aliphatic rings. The van der Waals surface area contributed by atoms with Crippen LogP contribution in [0.25, 0.3) is 0 Å². The van der Waals surface area contributed by atoms with Gasteiger partial charge in [-0.3, -0.25) is 0 Å². The molecule has 15 heavy (non-hydrogen) atoms. The van der Waals surface area contributed by atoms with Crippen LogP contribution < -0.4 is 10.6 Å². The molecule has 1 fully saturated rings. The van der Waals surface area contributed by atoms with E-state index < -0.39 is 5.72 Å². The number of benzene rings is 1. The lowest BCUT2D eigenvalue weighted by atomic mass is 10.0. The van der Waals surface area contributed by atoms with Crippen molar-refractivity contribution < 1.29 is 9.50 Å². The highest BCUT2D eigenvalue weighted by Crippen LogP contribution is 2.23. The van der Waals surface area contributed by atoms with Crippen LogP contribution in [-0.2, 0) is 0 Å². The molecule has 0 aromatic heterocycles. The second-order valence-corrected chi connectivity index (χ2v) is 4.07. The minimum atomic E-state index is -1.05. The molecule has 0 radical (unpaired) electrons. The monoisotopic (exact) mass is 210 g/mol. The van der Waals surface area contributed by atoms with Crippen molar-refractivity contribution in [2.24, 2.45) is 5.73 Å². The largest absolute Gasteiger partial charge is 0.376 e. The highest BCUT2D eigenvalue weighted by molar-refractivity contribution is 5.46. The zero-order valence-corrected chi connectivity index (χ0v) is 8.49. The standard InChI is InChI=1S/C11H15FN2O/c12-9-2-1-3-10(8-9)14-6-4-11(13,15)5-7-14/h1-3,8,15H,4-7,13H2. The van der Waals surface area contributed by atoms with E-state index >= 15 is 0 Å². The van der Waals surface area contributed by atoms with Gasteiger partial charge in [0.25, 0.3) is 0 Å². The second-order valence-electron chi connectivity index (χ2n) is 4.07. The number of rotatable bonds is 1. The molecule has 1 aromatic carbocycles. The van der Waals surface area contributed by atoms with E-state index in [4.69, 9.17) is 5.73 Å². The van der Waals surface area contributed by atoms with Crippen molar-refractivity contribution in [2.75, 3.05) is 18.0 Å². The van der Waals surface area contributed by atoms with Gasteiger partial charge in [0.2, 0.25) is 0 Å². The van der Waals surface area contributed by atoms with E-state index in [0.29, 0.717) is 25.9 Å². The lowest BCUT2D eigenvalue weighted by Crippen LogP contribution is -2.50. The Bertz CT molecular complexity index is 344. The first kappa shape index (κ1) is 10.4. The number of nitrogens with zero attached hydrogens (tertiary/aromatic N) is 1. The molecule has 0 amide bonds. The van der Waals surface area contributed by atoms with Crippen LogP contribution >= 0.6 is 0 Å². The molecule has 2 rings (SSSR count). The molecule has 1 aromatic rings. The van der Waals surface area contributed by atoms with Crippen LogP contribution in [0.4, 0.5) is 10.1 Å². The molecule has 82 valence electrons. The molecule has 3 nitrogen and oxygen atoms in total.